The van der Waals surface area contributed by atoms with E-state index in [0.29, 0.717) is 13.0 Å². The van der Waals surface area contributed by atoms with Crippen molar-refractivity contribution in [1.29, 1.82) is 0 Å². The number of hydrogen-bond donors (Lipinski definition) is 2. The normalized spacial score (nSPS) is 27.6. The molecule has 3 N–H and O–H groups in total. The fourth-order valence-corrected chi connectivity index (χ4v) is 3.64. The Hall–Kier alpha value is -0.610. The van der Waals surface area contributed by atoms with E-state index < -0.39 is 0 Å². The summed E-state index contributed by atoms with van der Waals surface area (Å²) in [5.74, 6) is 0.183. The van der Waals surface area contributed by atoms with Gasteiger partial charge in [0.25, 0.3) is 0 Å². The molecule has 0 bridgehead atoms. The second-order valence-corrected chi connectivity index (χ2v) is 6.73. The predicted octanol–water partition coefficient (Wildman–Crippen LogP) is 2.36. The minimum absolute atomic E-state index is 0.0295. The lowest BCUT2D eigenvalue weighted by atomic mass is 9.66. The fraction of sp³-hybridized carbons (Fsp3) is 0.938. The zero-order valence-corrected chi connectivity index (χ0v) is 13.0. The van der Waals surface area contributed by atoms with Crippen molar-refractivity contribution in [2.45, 2.75) is 76.9 Å². The average molecular weight is 282 g/mol. The van der Waals surface area contributed by atoms with Gasteiger partial charge in [-0.3, -0.25) is 4.79 Å². The summed E-state index contributed by atoms with van der Waals surface area (Å²) in [6.45, 7) is 5.74. The van der Waals surface area contributed by atoms with E-state index in [1.165, 1.54) is 6.42 Å². The molecule has 20 heavy (non-hydrogen) atoms. The molecule has 0 spiro atoms. The van der Waals surface area contributed by atoms with Gasteiger partial charge in [0.05, 0.1) is 5.60 Å². The van der Waals surface area contributed by atoms with Crippen LogP contribution in [-0.2, 0) is 9.53 Å². The maximum absolute atomic E-state index is 12.3. The van der Waals surface area contributed by atoms with Crippen LogP contribution in [0.5, 0.6) is 0 Å². The molecule has 1 saturated heterocycles. The van der Waals surface area contributed by atoms with Gasteiger partial charge in [-0.1, -0.05) is 20.3 Å². The van der Waals surface area contributed by atoms with E-state index in [0.717, 1.165) is 45.1 Å². The zero-order valence-electron chi connectivity index (χ0n) is 13.0. The van der Waals surface area contributed by atoms with Crippen LogP contribution in [0.15, 0.2) is 0 Å². The highest BCUT2D eigenvalue weighted by Gasteiger charge is 2.39. The van der Waals surface area contributed by atoms with Gasteiger partial charge in [0.2, 0.25) is 5.91 Å². The van der Waals surface area contributed by atoms with Crippen molar-refractivity contribution in [3.05, 3.63) is 0 Å². The molecule has 2 fully saturated rings. The van der Waals surface area contributed by atoms with Gasteiger partial charge in [-0.2, -0.15) is 0 Å². The monoisotopic (exact) mass is 282 g/mol. The van der Waals surface area contributed by atoms with Crippen molar-refractivity contribution in [2.24, 2.45) is 11.1 Å². The average Bonchev–Trinajstić information content (AvgIpc) is 2.43. The van der Waals surface area contributed by atoms with Crippen molar-refractivity contribution in [1.82, 2.24) is 5.32 Å². The summed E-state index contributed by atoms with van der Waals surface area (Å²) in [6.07, 6.45) is 7.95. The Balaban J connectivity index is 1.84. The van der Waals surface area contributed by atoms with E-state index in [4.69, 9.17) is 10.5 Å². The summed E-state index contributed by atoms with van der Waals surface area (Å²) in [4.78, 5) is 12.3. The van der Waals surface area contributed by atoms with Gasteiger partial charge in [0, 0.05) is 19.1 Å². The topological polar surface area (TPSA) is 64.4 Å². The maximum atomic E-state index is 12.3. The van der Waals surface area contributed by atoms with Crippen LogP contribution >= 0.6 is 0 Å². The molecule has 0 aromatic heterocycles. The Morgan fingerprint density at radius 2 is 2.05 bits per heavy atom. The highest BCUT2D eigenvalue weighted by molar-refractivity contribution is 5.77. The van der Waals surface area contributed by atoms with Gasteiger partial charge in [-0.05, 0) is 50.5 Å². The highest BCUT2D eigenvalue weighted by Crippen LogP contribution is 2.43. The summed E-state index contributed by atoms with van der Waals surface area (Å²) >= 11 is 0. The largest absolute Gasteiger partial charge is 0.375 e. The van der Waals surface area contributed by atoms with Crippen LogP contribution in [0.2, 0.25) is 0 Å². The maximum Gasteiger partial charge on any atom is 0.220 e. The zero-order chi connectivity index (χ0) is 14.6. The van der Waals surface area contributed by atoms with Crippen LogP contribution in [0.25, 0.3) is 0 Å². The second-order valence-electron chi connectivity index (χ2n) is 6.73. The lowest BCUT2D eigenvalue weighted by Crippen LogP contribution is -2.50. The molecule has 0 aromatic rings. The molecule has 2 aliphatic rings. The van der Waals surface area contributed by atoms with Gasteiger partial charge in [0.1, 0.15) is 0 Å². The third kappa shape index (κ3) is 3.34. The first-order valence-corrected chi connectivity index (χ1v) is 8.20. The van der Waals surface area contributed by atoms with Gasteiger partial charge in [-0.25, -0.2) is 0 Å². The molecule has 0 aromatic carbocycles. The number of amides is 1. The second kappa shape index (κ2) is 6.44. The summed E-state index contributed by atoms with van der Waals surface area (Å²) in [6, 6.07) is 0.269. The van der Waals surface area contributed by atoms with E-state index in [-0.39, 0.29) is 23.0 Å². The highest BCUT2D eigenvalue weighted by atomic mass is 16.5. The van der Waals surface area contributed by atoms with E-state index >= 15 is 0 Å². The standard InChI is InChI=1S/C16H30N2O2/c1-3-16(4-2)10-13(6-9-20-16)18-14(19)11-15(12-17)7-5-8-15/h13H,3-12,17H2,1-2H3,(H,18,19). The third-order valence-corrected chi connectivity index (χ3v) is 5.53. The minimum Gasteiger partial charge on any atom is -0.375 e. The Morgan fingerprint density at radius 3 is 2.55 bits per heavy atom. The summed E-state index contributed by atoms with van der Waals surface area (Å²) < 4.78 is 5.96. The fourth-order valence-electron chi connectivity index (χ4n) is 3.64. The first-order valence-electron chi connectivity index (χ1n) is 8.20. The van der Waals surface area contributed by atoms with Crippen LogP contribution in [0, 0.1) is 5.41 Å². The van der Waals surface area contributed by atoms with Crippen LogP contribution in [0.1, 0.15) is 65.2 Å². The van der Waals surface area contributed by atoms with Gasteiger partial charge in [0.15, 0.2) is 0 Å². The number of nitrogens with two attached hydrogens (primary N) is 1. The third-order valence-electron chi connectivity index (χ3n) is 5.53. The molecule has 1 unspecified atom stereocenters. The van der Waals surface area contributed by atoms with E-state index in [1.807, 2.05) is 0 Å². The number of nitrogens with one attached hydrogen (secondary N) is 1. The molecule has 4 heteroatoms. The molecule has 116 valence electrons. The molecule has 2 rings (SSSR count). The number of rotatable bonds is 6. The van der Waals surface area contributed by atoms with Crippen LogP contribution in [0.4, 0.5) is 0 Å². The van der Waals surface area contributed by atoms with Crippen molar-refractivity contribution in [3.63, 3.8) is 0 Å². The summed E-state index contributed by atoms with van der Waals surface area (Å²) in [7, 11) is 0. The SMILES string of the molecule is CCC1(CC)CC(NC(=O)CC2(CN)CCC2)CCO1. The Labute approximate surface area is 122 Å². The van der Waals surface area contributed by atoms with Crippen molar-refractivity contribution >= 4 is 5.91 Å². The van der Waals surface area contributed by atoms with E-state index in [2.05, 4.69) is 19.2 Å². The van der Waals surface area contributed by atoms with Gasteiger partial charge < -0.3 is 15.8 Å². The number of hydrogen-bond acceptors (Lipinski definition) is 3. The van der Waals surface area contributed by atoms with E-state index in [1.54, 1.807) is 0 Å². The molecule has 1 aliphatic heterocycles. The number of ether oxygens (including phenoxy) is 1. The lowest BCUT2D eigenvalue weighted by molar-refractivity contribution is -0.129. The minimum atomic E-state index is -0.0295. The van der Waals surface area contributed by atoms with Gasteiger partial charge in [-0.15, -0.1) is 0 Å². The molecule has 4 nitrogen and oxygen atoms in total. The Bertz CT molecular complexity index is 330. The quantitative estimate of drug-likeness (QED) is 0.786. The molecule has 0 radical (unpaired) electrons. The first-order chi connectivity index (χ1) is 9.57. The Kier molecular flexibility index (Phi) is 5.08. The number of carbonyl (C=O) groups excluding carboxylic acids is 1. The first kappa shape index (κ1) is 15.8. The number of carbonyl (C=O) groups is 1. The van der Waals surface area contributed by atoms with E-state index in [9.17, 15) is 4.79 Å². The van der Waals surface area contributed by atoms with Crippen molar-refractivity contribution < 1.29 is 9.53 Å². The van der Waals surface area contributed by atoms with Crippen molar-refractivity contribution in [3.8, 4) is 0 Å². The molecular formula is C16H30N2O2. The van der Waals surface area contributed by atoms with Crippen molar-refractivity contribution in [2.75, 3.05) is 13.2 Å². The smallest absolute Gasteiger partial charge is 0.220 e. The summed E-state index contributed by atoms with van der Waals surface area (Å²) in [5, 5.41) is 3.23. The Morgan fingerprint density at radius 1 is 1.35 bits per heavy atom. The van der Waals surface area contributed by atoms with Crippen LogP contribution in [0.3, 0.4) is 0 Å². The molecule has 1 amide bonds. The predicted molar refractivity (Wildman–Crippen MR) is 80.4 cm³/mol. The summed E-state index contributed by atoms with van der Waals surface area (Å²) in [5.41, 5.74) is 5.91. The molecule has 1 aliphatic carbocycles. The molecule has 1 atom stereocenters. The van der Waals surface area contributed by atoms with Crippen LogP contribution in [-0.4, -0.2) is 30.7 Å². The van der Waals surface area contributed by atoms with Crippen LogP contribution < -0.4 is 11.1 Å². The van der Waals surface area contributed by atoms with Gasteiger partial charge >= 0.3 is 0 Å². The molecule has 1 heterocycles. The molecule has 1 saturated carbocycles. The lowest BCUT2D eigenvalue weighted by Gasteiger charge is -2.42. The molecular weight excluding hydrogens is 252 g/mol.